The second-order valence-electron chi connectivity index (χ2n) is 8.76. The van der Waals surface area contributed by atoms with Crippen molar-refractivity contribution in [1.82, 2.24) is 9.88 Å². The molecule has 27 heavy (non-hydrogen) atoms. The number of pyridine rings is 1. The van der Waals surface area contributed by atoms with Crippen molar-refractivity contribution in [2.24, 2.45) is 16.6 Å². The summed E-state index contributed by atoms with van der Waals surface area (Å²) in [4.78, 5) is 23.8. The Kier molecular flexibility index (Phi) is 3.83. The fourth-order valence-corrected chi connectivity index (χ4v) is 4.55. The van der Waals surface area contributed by atoms with Crippen LogP contribution in [0.4, 0.5) is 0 Å². The molecule has 1 unspecified atom stereocenters. The molecule has 3 aliphatic rings. The largest absolute Gasteiger partial charge is 0.342 e. The van der Waals surface area contributed by atoms with Crippen LogP contribution in [-0.4, -0.2) is 40.6 Å². The smallest absolute Gasteiger partial charge is 0.224 e. The molecule has 0 radical (unpaired) electrons. The highest BCUT2D eigenvalue weighted by molar-refractivity contribution is 5.92. The van der Waals surface area contributed by atoms with Gasteiger partial charge in [-0.1, -0.05) is 25.1 Å². The van der Waals surface area contributed by atoms with Crippen LogP contribution in [0.5, 0.6) is 0 Å². The van der Waals surface area contributed by atoms with Crippen molar-refractivity contribution in [2.45, 2.75) is 50.1 Å². The lowest BCUT2D eigenvalue weighted by atomic mass is 9.83. The highest BCUT2D eigenvalue weighted by Crippen LogP contribution is 2.40. The number of likely N-dealkylation sites (tertiary alicyclic amines) is 1. The summed E-state index contributed by atoms with van der Waals surface area (Å²) in [6, 6.07) is 8.77. The number of aliphatic imine (C=N–C) groups is 1. The molecule has 1 aromatic heterocycles. The third-order valence-electron chi connectivity index (χ3n) is 6.30. The second kappa shape index (κ2) is 6.13. The maximum absolute atomic E-state index is 12.8. The zero-order chi connectivity index (χ0) is 18.6. The summed E-state index contributed by atoms with van der Waals surface area (Å²) in [5, 5.41) is 1.20. The number of nitrogens with zero attached hydrogens (tertiary/aromatic N) is 3. The zero-order valence-electron chi connectivity index (χ0n) is 15.8. The first-order valence-electron chi connectivity index (χ1n) is 10.00. The Morgan fingerprint density at radius 2 is 2.04 bits per heavy atom. The van der Waals surface area contributed by atoms with Crippen LogP contribution >= 0.6 is 0 Å². The van der Waals surface area contributed by atoms with Gasteiger partial charge in [-0.2, -0.15) is 0 Å². The van der Waals surface area contributed by atoms with E-state index in [2.05, 4.69) is 35.1 Å². The average molecular weight is 362 g/mol. The van der Waals surface area contributed by atoms with Gasteiger partial charge in [-0.25, -0.2) is 0 Å². The van der Waals surface area contributed by atoms with Gasteiger partial charge in [0, 0.05) is 54.3 Å². The first-order chi connectivity index (χ1) is 13.0. The number of amides is 1. The molecule has 2 aliphatic heterocycles. The van der Waals surface area contributed by atoms with Gasteiger partial charge in [-0.15, -0.1) is 0 Å². The van der Waals surface area contributed by atoms with Crippen molar-refractivity contribution in [1.29, 1.82) is 0 Å². The van der Waals surface area contributed by atoms with Crippen molar-refractivity contribution >= 4 is 23.0 Å². The van der Waals surface area contributed by atoms with Crippen LogP contribution in [0.1, 0.15) is 55.7 Å². The van der Waals surface area contributed by atoms with Crippen LogP contribution in [-0.2, 0) is 4.79 Å². The van der Waals surface area contributed by atoms with Gasteiger partial charge in [0.15, 0.2) is 0 Å². The summed E-state index contributed by atoms with van der Waals surface area (Å²) >= 11 is 0. The average Bonchev–Trinajstić information content (AvgIpc) is 3.58. The summed E-state index contributed by atoms with van der Waals surface area (Å²) in [7, 11) is 0. The van der Waals surface area contributed by atoms with Crippen LogP contribution in [0.25, 0.3) is 10.9 Å². The van der Waals surface area contributed by atoms with Crippen molar-refractivity contribution in [2.75, 3.05) is 13.1 Å². The topological polar surface area (TPSA) is 71.6 Å². The van der Waals surface area contributed by atoms with Crippen LogP contribution in [0.15, 0.2) is 35.5 Å². The Morgan fingerprint density at radius 3 is 2.78 bits per heavy atom. The van der Waals surface area contributed by atoms with Crippen LogP contribution in [0.2, 0.25) is 0 Å². The molecule has 0 spiro atoms. The maximum atomic E-state index is 12.8. The molecule has 3 atom stereocenters. The molecule has 0 bridgehead atoms. The standard InChI is InChI=1S/C22H26N4O/c1-14-9-15(13-26(12-14)20(27)10-22(23)6-7-22)16-4-5-18(19-11-25-19)21-17(16)3-2-8-24-21/h2-5,8,11,14-15,19H,6-7,9-10,12-13,23H2,1H3/t14-,15+,19?/m1/s1. The minimum absolute atomic E-state index is 0.194. The molecule has 1 aromatic carbocycles. The molecular weight excluding hydrogens is 336 g/mol. The Morgan fingerprint density at radius 1 is 1.26 bits per heavy atom. The molecule has 1 amide bonds. The fourth-order valence-electron chi connectivity index (χ4n) is 4.55. The Balaban J connectivity index is 1.45. The van der Waals surface area contributed by atoms with E-state index in [1.807, 2.05) is 23.4 Å². The molecule has 2 aromatic rings. The number of benzene rings is 1. The number of rotatable bonds is 4. The third kappa shape index (κ3) is 3.25. The van der Waals surface area contributed by atoms with E-state index in [0.29, 0.717) is 18.3 Å². The van der Waals surface area contributed by atoms with Crippen LogP contribution in [0.3, 0.4) is 0 Å². The molecule has 5 rings (SSSR count). The van der Waals surface area contributed by atoms with E-state index in [0.717, 1.165) is 37.9 Å². The molecule has 5 heteroatoms. The molecule has 140 valence electrons. The summed E-state index contributed by atoms with van der Waals surface area (Å²) < 4.78 is 0. The van der Waals surface area contributed by atoms with Gasteiger partial charge >= 0.3 is 0 Å². The lowest BCUT2D eigenvalue weighted by molar-refractivity contribution is -0.133. The summed E-state index contributed by atoms with van der Waals surface area (Å²) in [5.74, 6) is 1.04. The molecule has 3 heterocycles. The molecule has 2 fully saturated rings. The highest BCUT2D eigenvalue weighted by atomic mass is 16.2. The zero-order valence-corrected chi connectivity index (χ0v) is 15.8. The molecular formula is C22H26N4O. The van der Waals surface area contributed by atoms with Gasteiger partial charge in [0.05, 0.1) is 5.52 Å². The maximum Gasteiger partial charge on any atom is 0.224 e. The van der Waals surface area contributed by atoms with Crippen LogP contribution < -0.4 is 5.73 Å². The minimum atomic E-state index is -0.226. The lowest BCUT2D eigenvalue weighted by Crippen LogP contribution is -2.44. The first kappa shape index (κ1) is 16.9. The van der Waals surface area contributed by atoms with E-state index < -0.39 is 0 Å². The number of carbonyl (C=O) groups excluding carboxylic acids is 1. The first-order valence-corrected chi connectivity index (χ1v) is 10.00. The summed E-state index contributed by atoms with van der Waals surface area (Å²) in [6.45, 7) is 3.87. The predicted octanol–water partition coefficient (Wildman–Crippen LogP) is 3.19. The normalized spacial score (nSPS) is 28.4. The van der Waals surface area contributed by atoms with Gasteiger partial charge in [-0.05, 0) is 36.8 Å². The second-order valence-corrected chi connectivity index (χ2v) is 8.76. The van der Waals surface area contributed by atoms with Gasteiger partial charge in [0.2, 0.25) is 5.91 Å². The van der Waals surface area contributed by atoms with Gasteiger partial charge < -0.3 is 10.6 Å². The summed E-state index contributed by atoms with van der Waals surface area (Å²) in [6.07, 6.45) is 7.37. The van der Waals surface area contributed by atoms with E-state index >= 15 is 0 Å². The Labute approximate surface area is 159 Å². The van der Waals surface area contributed by atoms with Gasteiger partial charge in [-0.3, -0.25) is 14.8 Å². The van der Waals surface area contributed by atoms with E-state index in [4.69, 9.17) is 5.73 Å². The Hall–Kier alpha value is -2.27. The molecule has 1 saturated heterocycles. The number of aromatic nitrogens is 1. The number of hydrogen-bond donors (Lipinski definition) is 1. The number of nitrogens with two attached hydrogens (primary N) is 1. The monoisotopic (exact) mass is 362 g/mol. The SMILES string of the molecule is C[C@@H]1C[C@H](c2ccc(C3C=N3)c3ncccc23)CN(C(=O)CC2(N)CC2)C1. The lowest BCUT2D eigenvalue weighted by Gasteiger charge is -2.37. The van der Waals surface area contributed by atoms with E-state index in [1.54, 1.807) is 0 Å². The number of piperidine rings is 1. The summed E-state index contributed by atoms with van der Waals surface area (Å²) in [5.41, 5.74) is 9.51. The van der Waals surface area contributed by atoms with Gasteiger partial charge in [0.1, 0.15) is 6.04 Å². The molecule has 5 nitrogen and oxygen atoms in total. The molecule has 2 N–H and O–H groups in total. The van der Waals surface area contributed by atoms with Crippen LogP contribution in [0, 0.1) is 5.92 Å². The van der Waals surface area contributed by atoms with Crippen molar-refractivity contribution in [3.05, 3.63) is 41.6 Å². The van der Waals surface area contributed by atoms with E-state index in [1.165, 1.54) is 16.5 Å². The van der Waals surface area contributed by atoms with Crippen molar-refractivity contribution < 1.29 is 4.79 Å². The Bertz CT molecular complexity index is 927. The van der Waals surface area contributed by atoms with Crippen molar-refractivity contribution in [3.63, 3.8) is 0 Å². The van der Waals surface area contributed by atoms with Crippen molar-refractivity contribution in [3.8, 4) is 0 Å². The minimum Gasteiger partial charge on any atom is -0.342 e. The number of fused-ring (bicyclic) bond motifs is 1. The number of hydrogen-bond acceptors (Lipinski definition) is 4. The quantitative estimate of drug-likeness (QED) is 0.908. The van der Waals surface area contributed by atoms with E-state index in [9.17, 15) is 4.79 Å². The molecule has 1 saturated carbocycles. The third-order valence-corrected chi connectivity index (χ3v) is 6.30. The van der Waals surface area contributed by atoms with E-state index in [-0.39, 0.29) is 17.5 Å². The highest BCUT2D eigenvalue weighted by Gasteiger charge is 2.42. The molecule has 1 aliphatic carbocycles. The fraction of sp³-hybridized carbons (Fsp3) is 0.500. The predicted molar refractivity (Wildman–Crippen MR) is 107 cm³/mol. The number of carbonyl (C=O) groups is 1. The van der Waals surface area contributed by atoms with Gasteiger partial charge in [0.25, 0.3) is 0 Å².